The summed E-state index contributed by atoms with van der Waals surface area (Å²) >= 11 is 3.10. The van der Waals surface area contributed by atoms with Crippen LogP contribution in [0.15, 0.2) is 10.7 Å². The average molecular weight is 275 g/mol. The summed E-state index contributed by atoms with van der Waals surface area (Å²) < 4.78 is 0.374. The van der Waals surface area contributed by atoms with Gasteiger partial charge in [-0.05, 0) is 22.9 Å². The molecule has 1 heterocycles. The first-order valence-corrected chi connectivity index (χ1v) is 4.73. The molecule has 0 saturated heterocycles. The van der Waals surface area contributed by atoms with E-state index in [1.54, 1.807) is 0 Å². The van der Waals surface area contributed by atoms with Crippen LogP contribution in [0.5, 0.6) is 0 Å². The molecule has 0 amide bonds. The van der Waals surface area contributed by atoms with Crippen molar-refractivity contribution in [1.29, 1.82) is 0 Å². The molecule has 0 atom stereocenters. The lowest BCUT2D eigenvalue weighted by atomic mass is 10.2. The van der Waals surface area contributed by atoms with Crippen molar-refractivity contribution in [3.8, 4) is 0 Å². The van der Waals surface area contributed by atoms with Crippen LogP contribution in [0.25, 0.3) is 0 Å². The molecular formula is C8H7BrN2O4. The summed E-state index contributed by atoms with van der Waals surface area (Å²) in [6, 6.07) is 0. The fourth-order valence-corrected chi connectivity index (χ4v) is 1.52. The molecule has 1 rings (SSSR count). The van der Waals surface area contributed by atoms with E-state index in [0.29, 0.717) is 10.0 Å². The molecule has 0 aliphatic rings. The van der Waals surface area contributed by atoms with Crippen LogP contribution in [0.4, 0.5) is 5.69 Å². The minimum Gasteiger partial charge on any atom is -0.481 e. The van der Waals surface area contributed by atoms with E-state index in [1.165, 1.54) is 6.92 Å². The van der Waals surface area contributed by atoms with Gasteiger partial charge in [0.05, 0.1) is 17.0 Å². The van der Waals surface area contributed by atoms with E-state index < -0.39 is 10.9 Å². The third-order valence-corrected chi connectivity index (χ3v) is 2.88. The largest absolute Gasteiger partial charge is 0.481 e. The van der Waals surface area contributed by atoms with Gasteiger partial charge in [0.2, 0.25) is 0 Å². The van der Waals surface area contributed by atoms with Gasteiger partial charge < -0.3 is 5.11 Å². The Morgan fingerprint density at radius 2 is 2.33 bits per heavy atom. The number of pyridine rings is 1. The number of carbonyl (C=O) groups is 1. The second-order valence-electron chi connectivity index (χ2n) is 2.86. The first kappa shape index (κ1) is 11.6. The highest BCUT2D eigenvalue weighted by Gasteiger charge is 2.18. The van der Waals surface area contributed by atoms with Gasteiger partial charge in [-0.1, -0.05) is 0 Å². The minimum atomic E-state index is -1.03. The van der Waals surface area contributed by atoms with Crippen LogP contribution in [0.2, 0.25) is 0 Å². The number of rotatable bonds is 3. The van der Waals surface area contributed by atoms with Gasteiger partial charge in [-0.25, -0.2) is 0 Å². The molecule has 0 radical (unpaired) electrons. The van der Waals surface area contributed by atoms with Crippen molar-refractivity contribution in [2.45, 2.75) is 13.3 Å². The minimum absolute atomic E-state index is 0.129. The van der Waals surface area contributed by atoms with Crippen molar-refractivity contribution in [2.75, 3.05) is 0 Å². The van der Waals surface area contributed by atoms with Crippen molar-refractivity contribution < 1.29 is 14.8 Å². The lowest BCUT2D eigenvalue weighted by molar-refractivity contribution is -0.385. The number of halogens is 1. The summed E-state index contributed by atoms with van der Waals surface area (Å²) in [6.45, 7) is 1.54. The number of nitrogens with zero attached hydrogens (tertiary/aromatic N) is 2. The summed E-state index contributed by atoms with van der Waals surface area (Å²) in [5.74, 6) is -1.03. The fourth-order valence-electron chi connectivity index (χ4n) is 1.07. The van der Waals surface area contributed by atoms with E-state index in [2.05, 4.69) is 20.9 Å². The monoisotopic (exact) mass is 274 g/mol. The summed E-state index contributed by atoms with van der Waals surface area (Å²) in [7, 11) is 0. The van der Waals surface area contributed by atoms with E-state index in [4.69, 9.17) is 5.11 Å². The van der Waals surface area contributed by atoms with Crippen LogP contribution >= 0.6 is 15.9 Å². The molecule has 1 aromatic heterocycles. The molecule has 1 aromatic rings. The summed E-state index contributed by atoms with van der Waals surface area (Å²) in [5, 5.41) is 19.1. The van der Waals surface area contributed by atoms with Crippen LogP contribution in [0.3, 0.4) is 0 Å². The highest BCUT2D eigenvalue weighted by Crippen LogP contribution is 2.27. The van der Waals surface area contributed by atoms with Gasteiger partial charge in [0.25, 0.3) is 5.69 Å². The maximum absolute atomic E-state index is 10.5. The van der Waals surface area contributed by atoms with E-state index in [-0.39, 0.29) is 17.8 Å². The zero-order valence-electron chi connectivity index (χ0n) is 7.73. The van der Waals surface area contributed by atoms with Gasteiger partial charge in [0, 0.05) is 10.0 Å². The Kier molecular flexibility index (Phi) is 3.35. The maximum Gasteiger partial charge on any atom is 0.309 e. The molecule has 0 saturated carbocycles. The molecule has 0 aliphatic heterocycles. The predicted molar refractivity (Wildman–Crippen MR) is 54.7 cm³/mol. The van der Waals surface area contributed by atoms with Gasteiger partial charge in [-0.15, -0.1) is 0 Å². The van der Waals surface area contributed by atoms with Gasteiger partial charge in [-0.3, -0.25) is 19.9 Å². The quantitative estimate of drug-likeness (QED) is 0.669. The molecule has 0 unspecified atom stereocenters. The Bertz CT molecular complexity index is 433. The average Bonchev–Trinajstić information content (AvgIpc) is 2.12. The molecular weight excluding hydrogens is 268 g/mol. The highest BCUT2D eigenvalue weighted by atomic mass is 79.9. The molecule has 6 nitrogen and oxygen atoms in total. The first-order chi connectivity index (χ1) is 6.93. The van der Waals surface area contributed by atoms with Crippen LogP contribution in [0, 0.1) is 17.0 Å². The standard InChI is InChI=1S/C8H7BrN2O4/c1-4-6(11(14)15)3-10-5(8(4)9)2-7(12)13/h3H,2H2,1H3,(H,12,13). The van der Waals surface area contributed by atoms with Gasteiger partial charge in [0.15, 0.2) is 0 Å². The number of hydrogen-bond acceptors (Lipinski definition) is 4. The highest BCUT2D eigenvalue weighted by molar-refractivity contribution is 9.10. The molecule has 0 aliphatic carbocycles. The van der Waals surface area contributed by atoms with Crippen molar-refractivity contribution in [3.63, 3.8) is 0 Å². The number of nitro groups is 1. The molecule has 7 heteroatoms. The number of carboxylic acid groups (broad SMARTS) is 1. The SMILES string of the molecule is Cc1c([N+](=O)[O-])cnc(CC(=O)O)c1Br. The molecule has 15 heavy (non-hydrogen) atoms. The van der Waals surface area contributed by atoms with Crippen LogP contribution < -0.4 is 0 Å². The van der Waals surface area contributed by atoms with Gasteiger partial charge in [-0.2, -0.15) is 0 Å². The Labute approximate surface area is 93.2 Å². The second-order valence-corrected chi connectivity index (χ2v) is 3.65. The summed E-state index contributed by atoms with van der Waals surface area (Å²) in [5.41, 5.74) is 0.535. The number of hydrogen-bond donors (Lipinski definition) is 1. The normalized spacial score (nSPS) is 10.0. The molecule has 0 aromatic carbocycles. The lowest BCUT2D eigenvalue weighted by Crippen LogP contribution is -2.05. The maximum atomic E-state index is 10.5. The molecule has 80 valence electrons. The van der Waals surface area contributed by atoms with Gasteiger partial charge >= 0.3 is 5.97 Å². The zero-order valence-corrected chi connectivity index (χ0v) is 9.31. The number of aromatic nitrogens is 1. The van der Waals surface area contributed by atoms with E-state index >= 15 is 0 Å². The van der Waals surface area contributed by atoms with Crippen molar-refractivity contribution in [3.05, 3.63) is 32.0 Å². The number of carboxylic acids is 1. The van der Waals surface area contributed by atoms with Crippen molar-refractivity contribution in [2.24, 2.45) is 0 Å². The van der Waals surface area contributed by atoms with Crippen LogP contribution in [-0.2, 0) is 11.2 Å². The smallest absolute Gasteiger partial charge is 0.309 e. The summed E-state index contributed by atoms with van der Waals surface area (Å²) in [4.78, 5) is 24.2. The number of aliphatic carboxylic acids is 1. The molecule has 0 bridgehead atoms. The zero-order chi connectivity index (χ0) is 11.6. The molecule has 0 spiro atoms. The van der Waals surface area contributed by atoms with E-state index in [1.807, 2.05) is 0 Å². The second kappa shape index (κ2) is 4.35. The first-order valence-electron chi connectivity index (χ1n) is 3.93. The third kappa shape index (κ3) is 2.50. The van der Waals surface area contributed by atoms with E-state index in [0.717, 1.165) is 6.20 Å². The molecule has 0 fully saturated rings. The van der Waals surface area contributed by atoms with Gasteiger partial charge in [0.1, 0.15) is 6.20 Å². The van der Waals surface area contributed by atoms with Crippen LogP contribution in [-0.4, -0.2) is 21.0 Å². The van der Waals surface area contributed by atoms with Crippen molar-refractivity contribution >= 4 is 27.6 Å². The lowest BCUT2D eigenvalue weighted by Gasteiger charge is -2.04. The van der Waals surface area contributed by atoms with Crippen molar-refractivity contribution in [1.82, 2.24) is 4.98 Å². The Hall–Kier alpha value is -1.50. The van der Waals surface area contributed by atoms with Crippen LogP contribution in [0.1, 0.15) is 11.3 Å². The predicted octanol–water partition coefficient (Wildman–Crippen LogP) is 1.69. The topological polar surface area (TPSA) is 93.3 Å². The summed E-state index contributed by atoms with van der Waals surface area (Å²) in [6.07, 6.45) is 0.803. The fraction of sp³-hybridized carbons (Fsp3) is 0.250. The Morgan fingerprint density at radius 3 is 2.80 bits per heavy atom. The Balaban J connectivity index is 3.21. The molecule has 1 N–H and O–H groups in total. The van der Waals surface area contributed by atoms with E-state index in [9.17, 15) is 14.9 Å². The Morgan fingerprint density at radius 1 is 1.73 bits per heavy atom. The third-order valence-electron chi connectivity index (χ3n) is 1.82.